The summed E-state index contributed by atoms with van der Waals surface area (Å²) in [6.45, 7) is 1.06. The van der Waals surface area contributed by atoms with Crippen molar-refractivity contribution in [2.24, 2.45) is 0 Å². The molecule has 0 aliphatic heterocycles. The van der Waals surface area contributed by atoms with Crippen molar-refractivity contribution in [2.75, 3.05) is 18.6 Å². The van der Waals surface area contributed by atoms with Crippen LogP contribution in [-0.4, -0.2) is 35.8 Å². The first-order valence-corrected chi connectivity index (χ1v) is 6.14. The monoisotopic (exact) mass is 189 g/mol. The number of aliphatic hydroxyl groups excluding tert-OH is 1. The number of hydrogen-bond donors (Lipinski definition) is 2. The van der Waals surface area contributed by atoms with E-state index in [0.29, 0.717) is 6.04 Å². The molecule has 1 fully saturated rings. The molecule has 0 saturated heterocycles. The molecule has 0 radical (unpaired) electrons. The standard InChI is InChI=1S/C9H19NOS/c1-12-7-3-6-10-8-4-2-5-9(8)11/h8-11H,2-7H2,1H3/t8-,9-/m1/s1. The van der Waals surface area contributed by atoms with E-state index >= 15 is 0 Å². The maximum Gasteiger partial charge on any atom is 0.0693 e. The minimum absolute atomic E-state index is 0.0840. The second kappa shape index (κ2) is 5.84. The molecule has 1 aliphatic carbocycles. The summed E-state index contributed by atoms with van der Waals surface area (Å²) < 4.78 is 0. The Balaban J connectivity index is 1.98. The van der Waals surface area contributed by atoms with Crippen molar-refractivity contribution in [1.82, 2.24) is 5.32 Å². The number of thioether (sulfide) groups is 1. The zero-order valence-corrected chi connectivity index (χ0v) is 8.57. The molecule has 1 aliphatic rings. The zero-order valence-electron chi connectivity index (χ0n) is 7.75. The zero-order chi connectivity index (χ0) is 8.81. The van der Waals surface area contributed by atoms with Crippen LogP contribution in [0.3, 0.4) is 0 Å². The molecule has 12 heavy (non-hydrogen) atoms. The van der Waals surface area contributed by atoms with Gasteiger partial charge in [0.25, 0.3) is 0 Å². The van der Waals surface area contributed by atoms with E-state index in [9.17, 15) is 5.11 Å². The van der Waals surface area contributed by atoms with E-state index in [2.05, 4.69) is 11.6 Å². The molecule has 1 saturated carbocycles. The van der Waals surface area contributed by atoms with Crippen LogP contribution in [0, 0.1) is 0 Å². The first kappa shape index (κ1) is 10.4. The molecule has 0 aromatic rings. The lowest BCUT2D eigenvalue weighted by atomic mass is 10.2. The van der Waals surface area contributed by atoms with E-state index in [4.69, 9.17) is 0 Å². The first-order chi connectivity index (χ1) is 5.84. The third kappa shape index (κ3) is 3.33. The van der Waals surface area contributed by atoms with E-state index in [-0.39, 0.29) is 6.10 Å². The minimum atomic E-state index is -0.0840. The van der Waals surface area contributed by atoms with Crippen molar-refractivity contribution >= 4 is 11.8 Å². The summed E-state index contributed by atoms with van der Waals surface area (Å²) in [7, 11) is 0. The van der Waals surface area contributed by atoms with Crippen molar-refractivity contribution in [3.63, 3.8) is 0 Å². The third-order valence-corrected chi connectivity index (χ3v) is 3.11. The van der Waals surface area contributed by atoms with E-state index in [1.165, 1.54) is 18.6 Å². The average Bonchev–Trinajstić information content (AvgIpc) is 2.46. The normalized spacial score (nSPS) is 29.5. The number of hydrogen-bond acceptors (Lipinski definition) is 3. The van der Waals surface area contributed by atoms with Gasteiger partial charge in [0.1, 0.15) is 0 Å². The fourth-order valence-electron chi connectivity index (χ4n) is 1.68. The van der Waals surface area contributed by atoms with Crippen LogP contribution in [0.5, 0.6) is 0 Å². The number of nitrogens with one attached hydrogen (secondary N) is 1. The third-order valence-electron chi connectivity index (χ3n) is 2.41. The van der Waals surface area contributed by atoms with Crippen LogP contribution in [0.15, 0.2) is 0 Å². The molecule has 2 N–H and O–H groups in total. The number of rotatable bonds is 5. The molecule has 72 valence electrons. The Hall–Kier alpha value is 0.270. The lowest BCUT2D eigenvalue weighted by Gasteiger charge is -2.15. The molecule has 0 bridgehead atoms. The van der Waals surface area contributed by atoms with Crippen LogP contribution in [0.1, 0.15) is 25.7 Å². The van der Waals surface area contributed by atoms with Gasteiger partial charge >= 0.3 is 0 Å². The molecule has 1 rings (SSSR count). The quantitative estimate of drug-likeness (QED) is 0.638. The molecular weight excluding hydrogens is 170 g/mol. The molecule has 2 nitrogen and oxygen atoms in total. The van der Waals surface area contributed by atoms with Crippen LogP contribution in [0.4, 0.5) is 0 Å². The molecule has 0 aromatic carbocycles. The van der Waals surface area contributed by atoms with Crippen LogP contribution >= 0.6 is 11.8 Å². The van der Waals surface area contributed by atoms with E-state index in [1.54, 1.807) is 0 Å². The van der Waals surface area contributed by atoms with Gasteiger partial charge < -0.3 is 10.4 Å². The summed E-state index contributed by atoms with van der Waals surface area (Å²) in [5.41, 5.74) is 0. The van der Waals surface area contributed by atoms with Gasteiger partial charge in [-0.25, -0.2) is 0 Å². The van der Waals surface area contributed by atoms with Crippen molar-refractivity contribution in [2.45, 2.75) is 37.8 Å². The fraction of sp³-hybridized carbons (Fsp3) is 1.00. The van der Waals surface area contributed by atoms with Gasteiger partial charge in [-0.3, -0.25) is 0 Å². The Morgan fingerprint density at radius 1 is 1.50 bits per heavy atom. The topological polar surface area (TPSA) is 32.3 Å². The predicted molar refractivity (Wildman–Crippen MR) is 54.6 cm³/mol. The van der Waals surface area contributed by atoms with Gasteiger partial charge in [0, 0.05) is 6.04 Å². The van der Waals surface area contributed by atoms with E-state index in [1.807, 2.05) is 11.8 Å². The Morgan fingerprint density at radius 3 is 2.92 bits per heavy atom. The van der Waals surface area contributed by atoms with Gasteiger partial charge in [0.05, 0.1) is 6.10 Å². The highest BCUT2D eigenvalue weighted by atomic mass is 32.2. The van der Waals surface area contributed by atoms with Gasteiger partial charge in [-0.15, -0.1) is 0 Å². The van der Waals surface area contributed by atoms with Gasteiger partial charge in [-0.2, -0.15) is 11.8 Å². The Labute approximate surface area is 79.1 Å². The lowest BCUT2D eigenvalue weighted by molar-refractivity contribution is 0.149. The van der Waals surface area contributed by atoms with Crippen molar-refractivity contribution in [3.8, 4) is 0 Å². The van der Waals surface area contributed by atoms with Crippen LogP contribution < -0.4 is 5.32 Å². The molecular formula is C9H19NOS. The molecule has 2 atom stereocenters. The van der Waals surface area contributed by atoms with E-state index in [0.717, 1.165) is 19.4 Å². The minimum Gasteiger partial charge on any atom is -0.392 e. The summed E-state index contributed by atoms with van der Waals surface area (Å²) in [4.78, 5) is 0. The molecule has 0 heterocycles. The average molecular weight is 189 g/mol. The smallest absolute Gasteiger partial charge is 0.0693 e. The summed E-state index contributed by atoms with van der Waals surface area (Å²) >= 11 is 1.88. The SMILES string of the molecule is CSCCCN[C@@H]1CCC[C@H]1O. The molecule has 0 aromatic heterocycles. The van der Waals surface area contributed by atoms with E-state index < -0.39 is 0 Å². The first-order valence-electron chi connectivity index (χ1n) is 4.75. The van der Waals surface area contributed by atoms with Gasteiger partial charge in [0.15, 0.2) is 0 Å². The second-order valence-electron chi connectivity index (χ2n) is 3.41. The van der Waals surface area contributed by atoms with Crippen molar-refractivity contribution in [3.05, 3.63) is 0 Å². The van der Waals surface area contributed by atoms with Crippen molar-refractivity contribution < 1.29 is 5.11 Å². The highest BCUT2D eigenvalue weighted by molar-refractivity contribution is 7.98. The van der Waals surface area contributed by atoms with Gasteiger partial charge in [0.2, 0.25) is 0 Å². The highest BCUT2D eigenvalue weighted by Gasteiger charge is 2.23. The van der Waals surface area contributed by atoms with Gasteiger partial charge in [-0.1, -0.05) is 0 Å². The maximum atomic E-state index is 9.48. The summed E-state index contributed by atoms with van der Waals surface area (Å²) in [5, 5.41) is 12.9. The van der Waals surface area contributed by atoms with Crippen molar-refractivity contribution in [1.29, 1.82) is 0 Å². The van der Waals surface area contributed by atoms with Crippen LogP contribution in [-0.2, 0) is 0 Å². The lowest BCUT2D eigenvalue weighted by Crippen LogP contribution is -2.36. The summed E-state index contributed by atoms with van der Waals surface area (Å²) in [6.07, 6.45) is 6.58. The molecule has 0 amide bonds. The molecule has 0 spiro atoms. The predicted octanol–water partition coefficient (Wildman–Crippen LogP) is 1.24. The maximum absolute atomic E-state index is 9.48. The molecule has 3 heteroatoms. The largest absolute Gasteiger partial charge is 0.392 e. The summed E-state index contributed by atoms with van der Waals surface area (Å²) in [5.74, 6) is 1.22. The Morgan fingerprint density at radius 2 is 2.33 bits per heavy atom. The van der Waals surface area contributed by atoms with Crippen LogP contribution in [0.2, 0.25) is 0 Å². The summed E-state index contributed by atoms with van der Waals surface area (Å²) in [6, 6.07) is 0.381. The number of aliphatic hydroxyl groups is 1. The second-order valence-corrected chi connectivity index (χ2v) is 4.39. The fourth-order valence-corrected chi connectivity index (χ4v) is 2.12. The Kier molecular flexibility index (Phi) is 5.04. The van der Waals surface area contributed by atoms with Crippen LogP contribution in [0.25, 0.3) is 0 Å². The van der Waals surface area contributed by atoms with Gasteiger partial charge in [-0.05, 0) is 44.2 Å². The highest BCUT2D eigenvalue weighted by Crippen LogP contribution is 2.18. The molecule has 0 unspecified atom stereocenters. The Bertz CT molecular complexity index is 121.